The highest BCUT2D eigenvalue weighted by Crippen LogP contribution is 2.18. The van der Waals surface area contributed by atoms with Crippen LogP contribution in [0.5, 0.6) is 0 Å². The maximum absolute atomic E-state index is 13.2. The second-order valence-electron chi connectivity index (χ2n) is 8.00. The SMILES string of the molecule is CN(C)CCn1c(=O)n(Cc2ccc(C(=O)Nc3ccccc3N)cc2)c(=O)c2sccc21. The minimum atomic E-state index is -0.339. The quantitative estimate of drug-likeness (QED) is 0.410. The summed E-state index contributed by atoms with van der Waals surface area (Å²) in [6.45, 7) is 1.29. The summed E-state index contributed by atoms with van der Waals surface area (Å²) in [5.41, 5.74) is 8.14. The first-order valence-electron chi connectivity index (χ1n) is 10.5. The highest BCUT2D eigenvalue weighted by atomic mass is 32.1. The minimum Gasteiger partial charge on any atom is -0.397 e. The van der Waals surface area contributed by atoms with Crippen LogP contribution in [0.25, 0.3) is 10.2 Å². The number of hydrogen-bond donors (Lipinski definition) is 2. The Balaban J connectivity index is 1.60. The van der Waals surface area contributed by atoms with Gasteiger partial charge in [-0.2, -0.15) is 0 Å². The van der Waals surface area contributed by atoms with Gasteiger partial charge in [-0.25, -0.2) is 4.79 Å². The third kappa shape index (κ3) is 4.74. The monoisotopic (exact) mass is 463 g/mol. The van der Waals surface area contributed by atoms with Crippen molar-refractivity contribution >= 4 is 38.8 Å². The molecule has 0 aliphatic carbocycles. The lowest BCUT2D eigenvalue weighted by Gasteiger charge is -2.15. The van der Waals surface area contributed by atoms with Crippen LogP contribution in [0.15, 0.2) is 69.6 Å². The number of rotatable bonds is 7. The van der Waals surface area contributed by atoms with Crippen molar-refractivity contribution in [1.82, 2.24) is 14.0 Å². The molecule has 170 valence electrons. The van der Waals surface area contributed by atoms with E-state index in [9.17, 15) is 14.4 Å². The molecule has 0 aliphatic heterocycles. The van der Waals surface area contributed by atoms with Crippen LogP contribution >= 0.6 is 11.3 Å². The van der Waals surface area contributed by atoms with Crippen LogP contribution in [-0.2, 0) is 13.1 Å². The number of nitrogens with two attached hydrogens (primary N) is 1. The molecule has 3 N–H and O–H groups in total. The average Bonchev–Trinajstić information content (AvgIpc) is 3.28. The van der Waals surface area contributed by atoms with E-state index in [0.717, 1.165) is 5.56 Å². The molecule has 8 nitrogen and oxygen atoms in total. The van der Waals surface area contributed by atoms with Crippen LogP contribution in [0.2, 0.25) is 0 Å². The summed E-state index contributed by atoms with van der Waals surface area (Å²) >= 11 is 1.33. The molecule has 0 spiro atoms. The molecule has 0 unspecified atom stereocenters. The Kier molecular flexibility index (Phi) is 6.43. The van der Waals surface area contributed by atoms with Crippen LogP contribution in [0.1, 0.15) is 15.9 Å². The molecule has 1 amide bonds. The van der Waals surface area contributed by atoms with E-state index in [1.54, 1.807) is 53.1 Å². The molecule has 4 aromatic rings. The van der Waals surface area contributed by atoms with Crippen molar-refractivity contribution < 1.29 is 4.79 Å². The van der Waals surface area contributed by atoms with Crippen LogP contribution in [0.3, 0.4) is 0 Å². The van der Waals surface area contributed by atoms with Gasteiger partial charge in [0.25, 0.3) is 11.5 Å². The number of hydrogen-bond acceptors (Lipinski definition) is 6. The number of likely N-dealkylation sites (N-methyl/N-ethyl adjacent to an activating group) is 1. The molecule has 0 aliphatic rings. The van der Waals surface area contributed by atoms with Gasteiger partial charge in [0.1, 0.15) is 4.70 Å². The van der Waals surface area contributed by atoms with Gasteiger partial charge >= 0.3 is 5.69 Å². The lowest BCUT2D eigenvalue weighted by molar-refractivity contribution is 0.102. The topological polar surface area (TPSA) is 102 Å². The number of thiophene rings is 1. The zero-order chi connectivity index (χ0) is 23.5. The standard InChI is InChI=1S/C24H25N5O3S/c1-27(2)12-13-28-20-11-14-33-21(20)23(31)29(24(28)32)15-16-7-9-17(10-8-16)22(30)26-19-6-4-3-5-18(19)25/h3-11,14H,12-13,15,25H2,1-2H3,(H,26,30). The summed E-state index contributed by atoms with van der Waals surface area (Å²) in [4.78, 5) is 40.7. The van der Waals surface area contributed by atoms with Gasteiger partial charge in [-0.15, -0.1) is 11.3 Å². The summed E-state index contributed by atoms with van der Waals surface area (Å²) in [5.74, 6) is -0.289. The highest BCUT2D eigenvalue weighted by molar-refractivity contribution is 7.17. The molecule has 0 radical (unpaired) electrons. The summed E-state index contributed by atoms with van der Waals surface area (Å²) in [5, 5.41) is 4.61. The molecule has 2 aromatic heterocycles. The van der Waals surface area contributed by atoms with Crippen molar-refractivity contribution in [1.29, 1.82) is 0 Å². The molecule has 2 heterocycles. The molecular formula is C24H25N5O3S. The van der Waals surface area contributed by atoms with E-state index in [1.165, 1.54) is 15.9 Å². The van der Waals surface area contributed by atoms with E-state index >= 15 is 0 Å². The molecule has 4 rings (SSSR count). The van der Waals surface area contributed by atoms with Crippen LogP contribution in [-0.4, -0.2) is 40.6 Å². The third-order valence-electron chi connectivity index (χ3n) is 5.37. The van der Waals surface area contributed by atoms with Crippen molar-refractivity contribution in [3.63, 3.8) is 0 Å². The van der Waals surface area contributed by atoms with Crippen molar-refractivity contribution in [2.24, 2.45) is 0 Å². The van der Waals surface area contributed by atoms with Crippen LogP contribution in [0, 0.1) is 0 Å². The predicted molar refractivity (Wildman–Crippen MR) is 133 cm³/mol. The Labute approximate surface area is 194 Å². The van der Waals surface area contributed by atoms with Crippen LogP contribution in [0.4, 0.5) is 11.4 Å². The zero-order valence-electron chi connectivity index (χ0n) is 18.4. The Hall–Kier alpha value is -3.69. The van der Waals surface area contributed by atoms with Gasteiger partial charge in [0, 0.05) is 18.7 Å². The van der Waals surface area contributed by atoms with E-state index in [4.69, 9.17) is 5.73 Å². The van der Waals surface area contributed by atoms with Crippen molar-refractivity contribution in [3.8, 4) is 0 Å². The zero-order valence-corrected chi connectivity index (χ0v) is 19.3. The Morgan fingerprint density at radius 3 is 2.45 bits per heavy atom. The number of fused-ring (bicyclic) bond motifs is 1. The highest BCUT2D eigenvalue weighted by Gasteiger charge is 2.15. The number of nitrogen functional groups attached to an aromatic ring is 1. The van der Waals surface area contributed by atoms with Gasteiger partial charge in [-0.3, -0.25) is 18.7 Å². The number of aromatic nitrogens is 2. The van der Waals surface area contributed by atoms with Gasteiger partial charge in [-0.1, -0.05) is 24.3 Å². The number of anilines is 2. The molecule has 0 fully saturated rings. The third-order valence-corrected chi connectivity index (χ3v) is 6.26. The molecule has 0 saturated carbocycles. The van der Waals surface area contributed by atoms with Crippen molar-refractivity contribution in [2.45, 2.75) is 13.1 Å². The first-order valence-corrected chi connectivity index (χ1v) is 11.3. The molecule has 9 heteroatoms. The average molecular weight is 464 g/mol. The smallest absolute Gasteiger partial charge is 0.331 e. The van der Waals surface area contributed by atoms with Gasteiger partial charge in [0.05, 0.1) is 23.4 Å². The normalized spacial score (nSPS) is 11.2. The molecule has 0 saturated heterocycles. The maximum Gasteiger partial charge on any atom is 0.331 e. The van der Waals surface area contributed by atoms with Crippen LogP contribution < -0.4 is 22.3 Å². The van der Waals surface area contributed by atoms with Gasteiger partial charge in [-0.05, 0) is 55.4 Å². The van der Waals surface area contributed by atoms with E-state index in [2.05, 4.69) is 5.32 Å². The minimum absolute atomic E-state index is 0.126. The Bertz CT molecular complexity index is 1420. The lowest BCUT2D eigenvalue weighted by atomic mass is 10.1. The van der Waals surface area contributed by atoms with Gasteiger partial charge < -0.3 is 16.0 Å². The number of para-hydroxylation sites is 2. The number of carbonyl (C=O) groups is 1. The fraction of sp³-hybridized carbons (Fsp3) is 0.208. The Morgan fingerprint density at radius 2 is 1.76 bits per heavy atom. The molecule has 33 heavy (non-hydrogen) atoms. The van der Waals surface area contributed by atoms with Gasteiger partial charge in [0.15, 0.2) is 0 Å². The summed E-state index contributed by atoms with van der Waals surface area (Å²) in [6.07, 6.45) is 0. The molecular weight excluding hydrogens is 438 g/mol. The molecule has 0 bridgehead atoms. The lowest BCUT2D eigenvalue weighted by Crippen LogP contribution is -2.41. The fourth-order valence-electron chi connectivity index (χ4n) is 3.54. The maximum atomic E-state index is 13.2. The number of nitrogens with one attached hydrogen (secondary N) is 1. The summed E-state index contributed by atoms with van der Waals surface area (Å²) < 4.78 is 3.47. The van der Waals surface area contributed by atoms with E-state index in [-0.39, 0.29) is 23.7 Å². The number of nitrogens with zero attached hydrogens (tertiary/aromatic N) is 3. The van der Waals surface area contributed by atoms with Crippen molar-refractivity contribution in [3.05, 3.63) is 91.9 Å². The van der Waals surface area contributed by atoms with Gasteiger partial charge in [0.2, 0.25) is 0 Å². The second kappa shape index (κ2) is 9.43. The number of benzene rings is 2. The molecule has 2 aromatic carbocycles. The second-order valence-corrected chi connectivity index (χ2v) is 8.92. The van der Waals surface area contributed by atoms with Crippen molar-refractivity contribution in [2.75, 3.05) is 31.7 Å². The van der Waals surface area contributed by atoms with E-state index in [1.807, 2.05) is 30.4 Å². The number of carbonyl (C=O) groups excluding carboxylic acids is 1. The summed E-state index contributed by atoms with van der Waals surface area (Å²) in [6, 6.07) is 15.7. The first kappa shape index (κ1) is 22.5. The first-order chi connectivity index (χ1) is 15.8. The molecule has 0 atom stereocenters. The fourth-order valence-corrected chi connectivity index (χ4v) is 4.38. The predicted octanol–water partition coefficient (Wildman–Crippen LogP) is 2.67. The van der Waals surface area contributed by atoms with E-state index < -0.39 is 0 Å². The number of amides is 1. The summed E-state index contributed by atoms with van der Waals surface area (Å²) in [7, 11) is 3.88. The Morgan fingerprint density at radius 1 is 1.03 bits per heavy atom. The largest absolute Gasteiger partial charge is 0.397 e. The van der Waals surface area contributed by atoms with E-state index in [0.29, 0.717) is 40.2 Å².